The first-order chi connectivity index (χ1) is 17.9. The Hall–Kier alpha value is -3.11. The number of allylic oxidation sites excluding steroid dienone is 2. The number of carbonyl (C=O) groups is 5. The van der Waals surface area contributed by atoms with Crippen molar-refractivity contribution in [2.75, 3.05) is 20.7 Å². The molecule has 2 aliphatic heterocycles. The molecule has 12 heteroatoms. The van der Waals surface area contributed by atoms with Gasteiger partial charge < -0.3 is 14.9 Å². The number of aliphatic carboxylic acids is 1. The lowest BCUT2D eigenvalue weighted by Gasteiger charge is -2.50. The van der Waals surface area contributed by atoms with Crippen molar-refractivity contribution < 1.29 is 38.9 Å². The zero-order valence-electron chi connectivity index (χ0n) is 20.6. The molecule has 10 nitrogen and oxygen atoms in total. The Kier molecular flexibility index (Phi) is 6.26. The molecule has 4 amide bonds. The van der Waals surface area contributed by atoms with E-state index in [1.54, 1.807) is 18.2 Å². The van der Waals surface area contributed by atoms with Crippen LogP contribution in [0.4, 0.5) is 0 Å². The number of hydrogen-bond acceptors (Lipinski definition) is 7. The lowest BCUT2D eigenvalue weighted by molar-refractivity contribution is -0.142. The lowest BCUT2D eigenvalue weighted by atomic mass is 9.56. The summed E-state index contributed by atoms with van der Waals surface area (Å²) in [6.45, 7) is -0.0344. The van der Waals surface area contributed by atoms with Gasteiger partial charge in [-0.15, -0.1) is 23.2 Å². The zero-order valence-corrected chi connectivity index (χ0v) is 22.2. The minimum Gasteiger partial charge on any atom is -0.508 e. The first-order valence-electron chi connectivity index (χ1n) is 12.2. The Morgan fingerprint density at radius 2 is 1.84 bits per heavy atom. The van der Waals surface area contributed by atoms with Crippen molar-refractivity contribution in [2.45, 2.75) is 41.3 Å². The number of alkyl halides is 2. The van der Waals surface area contributed by atoms with E-state index in [0.717, 1.165) is 9.80 Å². The van der Waals surface area contributed by atoms with E-state index in [9.17, 15) is 29.1 Å². The number of methoxy groups -OCH3 is 1. The SMILES string of the molecule is COc1ccc(C2C3=CCC4C(=O)N(CCCC(=O)O)C(=O)C4C3CC3(Cl)C(=O)N(C)C(=O)C23Cl)c(O)c1. The van der Waals surface area contributed by atoms with E-state index in [-0.39, 0.29) is 43.5 Å². The predicted molar refractivity (Wildman–Crippen MR) is 134 cm³/mol. The molecule has 2 heterocycles. The minimum absolute atomic E-state index is 0.0344. The van der Waals surface area contributed by atoms with Gasteiger partial charge >= 0.3 is 5.97 Å². The van der Waals surface area contributed by atoms with Gasteiger partial charge in [0.25, 0.3) is 11.8 Å². The molecule has 0 radical (unpaired) electrons. The first kappa shape index (κ1) is 26.5. The molecule has 2 N–H and O–H groups in total. The number of phenols is 1. The molecule has 38 heavy (non-hydrogen) atoms. The molecule has 202 valence electrons. The van der Waals surface area contributed by atoms with Gasteiger partial charge in [0.15, 0.2) is 9.75 Å². The number of fused-ring (bicyclic) bond motifs is 4. The third kappa shape index (κ3) is 3.42. The summed E-state index contributed by atoms with van der Waals surface area (Å²) in [4.78, 5) is 62.7. The highest BCUT2D eigenvalue weighted by molar-refractivity contribution is 6.53. The van der Waals surface area contributed by atoms with Gasteiger partial charge in [0, 0.05) is 37.6 Å². The number of aromatic hydroxyl groups is 1. The van der Waals surface area contributed by atoms with Gasteiger partial charge in [0.1, 0.15) is 11.5 Å². The van der Waals surface area contributed by atoms with Crippen LogP contribution in [0.15, 0.2) is 29.8 Å². The van der Waals surface area contributed by atoms with E-state index < -0.39 is 63.0 Å². The van der Waals surface area contributed by atoms with Crippen molar-refractivity contribution >= 4 is 52.8 Å². The quantitative estimate of drug-likeness (QED) is 0.304. The molecular formula is C26H26Cl2N2O8. The number of carboxylic acids is 1. The molecule has 0 bridgehead atoms. The van der Waals surface area contributed by atoms with Crippen LogP contribution in [0.5, 0.6) is 11.5 Å². The molecule has 6 unspecified atom stereocenters. The third-order valence-corrected chi connectivity index (χ3v) is 9.84. The average Bonchev–Trinajstić information content (AvgIpc) is 3.19. The number of carbonyl (C=O) groups excluding carboxylic acids is 4. The second-order valence-electron chi connectivity index (χ2n) is 10.2. The number of halogens is 2. The molecule has 6 atom stereocenters. The second-order valence-corrected chi connectivity index (χ2v) is 11.5. The number of likely N-dealkylation sites (tertiary alicyclic amines) is 2. The van der Waals surface area contributed by atoms with Crippen LogP contribution in [0.3, 0.4) is 0 Å². The van der Waals surface area contributed by atoms with Gasteiger partial charge in [-0.3, -0.25) is 33.8 Å². The maximum atomic E-state index is 13.6. The molecule has 0 aromatic heterocycles. The number of ether oxygens (including phenoxy) is 1. The molecular weight excluding hydrogens is 539 g/mol. The van der Waals surface area contributed by atoms with Gasteiger partial charge in [0.05, 0.1) is 18.9 Å². The lowest BCUT2D eigenvalue weighted by Crippen LogP contribution is -2.60. The Morgan fingerprint density at radius 3 is 2.47 bits per heavy atom. The van der Waals surface area contributed by atoms with Crippen LogP contribution in [-0.4, -0.2) is 80.1 Å². The Morgan fingerprint density at radius 1 is 1.13 bits per heavy atom. The maximum Gasteiger partial charge on any atom is 0.303 e. The van der Waals surface area contributed by atoms with Crippen LogP contribution in [-0.2, 0) is 24.0 Å². The van der Waals surface area contributed by atoms with E-state index in [2.05, 4.69) is 0 Å². The van der Waals surface area contributed by atoms with E-state index in [0.29, 0.717) is 11.3 Å². The zero-order chi connectivity index (χ0) is 27.7. The molecule has 1 saturated carbocycles. The van der Waals surface area contributed by atoms with E-state index >= 15 is 0 Å². The first-order valence-corrected chi connectivity index (χ1v) is 13.0. The number of carboxylic acid groups (broad SMARTS) is 1. The fourth-order valence-electron chi connectivity index (χ4n) is 6.66. The predicted octanol–water partition coefficient (Wildman–Crippen LogP) is 2.25. The van der Waals surface area contributed by atoms with Crippen molar-refractivity contribution in [3.63, 3.8) is 0 Å². The van der Waals surface area contributed by atoms with Gasteiger partial charge in [0.2, 0.25) is 11.8 Å². The molecule has 1 aromatic carbocycles. The normalized spacial score (nSPS) is 34.2. The minimum atomic E-state index is -1.99. The van der Waals surface area contributed by atoms with Gasteiger partial charge in [-0.1, -0.05) is 17.7 Å². The Labute approximate surface area is 228 Å². The van der Waals surface area contributed by atoms with E-state index in [1.165, 1.54) is 20.2 Å². The molecule has 0 spiro atoms. The highest BCUT2D eigenvalue weighted by atomic mass is 35.5. The maximum absolute atomic E-state index is 13.6. The number of amides is 4. The van der Waals surface area contributed by atoms with Crippen molar-refractivity contribution in [3.8, 4) is 11.5 Å². The monoisotopic (exact) mass is 564 g/mol. The van der Waals surface area contributed by atoms with Crippen LogP contribution in [0, 0.1) is 17.8 Å². The summed E-state index contributed by atoms with van der Waals surface area (Å²) in [5.74, 6) is -6.55. The summed E-state index contributed by atoms with van der Waals surface area (Å²) in [5, 5.41) is 19.9. The number of hydrogen-bond donors (Lipinski definition) is 2. The van der Waals surface area contributed by atoms with Crippen molar-refractivity contribution in [2.24, 2.45) is 17.8 Å². The molecule has 2 aliphatic carbocycles. The summed E-state index contributed by atoms with van der Waals surface area (Å²) >= 11 is 14.1. The molecule has 5 rings (SSSR count). The highest BCUT2D eigenvalue weighted by Crippen LogP contribution is 2.66. The highest BCUT2D eigenvalue weighted by Gasteiger charge is 2.76. The third-order valence-electron chi connectivity index (χ3n) is 8.43. The van der Waals surface area contributed by atoms with Crippen LogP contribution >= 0.6 is 23.2 Å². The average molecular weight is 565 g/mol. The standard InChI is InChI=1S/C26H26Cl2N2O8/c1-29-23(36)25(27)11-16-13(7-8-15-19(16)22(35)30(21(15)34)9-3-4-18(32)33)20(26(25,28)24(29)37)14-6-5-12(38-2)10-17(14)31/h5-7,10,15-16,19-20,31H,3-4,8-9,11H2,1-2H3,(H,32,33). The topological polar surface area (TPSA) is 142 Å². The summed E-state index contributed by atoms with van der Waals surface area (Å²) in [6, 6.07) is 4.49. The van der Waals surface area contributed by atoms with Gasteiger partial charge in [-0.25, -0.2) is 0 Å². The van der Waals surface area contributed by atoms with Gasteiger partial charge in [-0.2, -0.15) is 0 Å². The molecule has 1 aromatic rings. The van der Waals surface area contributed by atoms with Crippen LogP contribution < -0.4 is 4.74 Å². The van der Waals surface area contributed by atoms with Crippen LogP contribution in [0.1, 0.15) is 37.2 Å². The number of imide groups is 2. The smallest absolute Gasteiger partial charge is 0.303 e. The number of phenolic OH excluding ortho intramolecular Hbond substituents is 1. The summed E-state index contributed by atoms with van der Waals surface area (Å²) in [6.07, 6.45) is 1.71. The fourth-order valence-corrected chi connectivity index (χ4v) is 7.67. The summed E-state index contributed by atoms with van der Waals surface area (Å²) in [5.41, 5.74) is 0.801. The number of rotatable bonds is 6. The van der Waals surface area contributed by atoms with Gasteiger partial charge in [-0.05, 0) is 31.2 Å². The number of benzene rings is 1. The van der Waals surface area contributed by atoms with Crippen molar-refractivity contribution in [1.82, 2.24) is 9.80 Å². The van der Waals surface area contributed by atoms with Crippen LogP contribution in [0.2, 0.25) is 0 Å². The molecule has 3 fully saturated rings. The van der Waals surface area contributed by atoms with Crippen molar-refractivity contribution in [3.05, 3.63) is 35.4 Å². The van der Waals surface area contributed by atoms with E-state index in [1.807, 2.05) is 0 Å². The Bertz CT molecular complexity index is 1310. The molecule has 4 aliphatic rings. The van der Waals surface area contributed by atoms with E-state index in [4.69, 9.17) is 33.0 Å². The van der Waals surface area contributed by atoms with Crippen LogP contribution in [0.25, 0.3) is 0 Å². The van der Waals surface area contributed by atoms with Crippen molar-refractivity contribution in [1.29, 1.82) is 0 Å². The fraction of sp³-hybridized carbons (Fsp3) is 0.500. The Balaban J connectivity index is 1.63. The summed E-state index contributed by atoms with van der Waals surface area (Å²) in [7, 11) is 2.72. The number of nitrogens with zero attached hydrogens (tertiary/aromatic N) is 2. The largest absolute Gasteiger partial charge is 0.508 e. The second kappa shape index (κ2) is 8.98. The summed E-state index contributed by atoms with van der Waals surface area (Å²) < 4.78 is 5.18. The molecule has 2 saturated heterocycles.